The fourth-order valence-electron chi connectivity index (χ4n) is 3.25. The van der Waals surface area contributed by atoms with Crippen LogP contribution in [0.5, 0.6) is 0 Å². The minimum absolute atomic E-state index is 0. The van der Waals surface area contributed by atoms with Gasteiger partial charge in [0, 0.05) is 0 Å². The van der Waals surface area contributed by atoms with Gasteiger partial charge in [0.05, 0.1) is 22.0 Å². The van der Waals surface area contributed by atoms with E-state index in [2.05, 4.69) is 6.92 Å². The Labute approximate surface area is 185 Å². The monoisotopic (exact) mass is 400 g/mol. The van der Waals surface area contributed by atoms with Crippen molar-refractivity contribution in [3.8, 4) is 0 Å². The van der Waals surface area contributed by atoms with Gasteiger partial charge < -0.3 is 9.66 Å². The van der Waals surface area contributed by atoms with Crippen LogP contribution >= 0.6 is 0 Å². The van der Waals surface area contributed by atoms with Crippen molar-refractivity contribution in [3.63, 3.8) is 0 Å². The molecule has 0 saturated heterocycles. The quantitative estimate of drug-likeness (QED) is 0.205. The molecule has 0 aliphatic heterocycles. The normalized spacial score (nSPS) is 12.7. The average Bonchev–Trinajstić information content (AvgIpc) is 2.53. The van der Waals surface area contributed by atoms with Crippen LogP contribution in [0.3, 0.4) is 0 Å². The van der Waals surface area contributed by atoms with Crippen molar-refractivity contribution in [1.29, 1.82) is 0 Å². The Balaban J connectivity index is 0. The van der Waals surface area contributed by atoms with Crippen molar-refractivity contribution < 1.29 is 47.6 Å². The van der Waals surface area contributed by atoms with Crippen LogP contribution in [0.1, 0.15) is 116 Å². The predicted octanol–water partition coefficient (Wildman–Crippen LogP) is 2.55. The summed E-state index contributed by atoms with van der Waals surface area (Å²) in [5, 5.41) is 9.42. The number of unbranched alkanes of at least 4 members (excludes halogenated alkanes) is 15. The standard InChI is InChI=1S/C20H42O4S.Na/c1-2-3-4-5-6-7-8-9-10-11-12-13-14-15-16-17-18-20(21)19-25(22,23)24;/h20-21H,2-19H2,1H3,(H,22,23,24);/q;+1/p-1. The fourth-order valence-corrected chi connectivity index (χ4v) is 3.88. The van der Waals surface area contributed by atoms with Crippen LogP contribution in [0.15, 0.2) is 0 Å². The van der Waals surface area contributed by atoms with E-state index in [1.165, 1.54) is 83.5 Å². The molecule has 0 bridgehead atoms. The van der Waals surface area contributed by atoms with Gasteiger partial charge in [0.15, 0.2) is 0 Å². The molecule has 26 heavy (non-hydrogen) atoms. The molecule has 0 aromatic carbocycles. The first kappa shape index (κ1) is 29.1. The zero-order chi connectivity index (χ0) is 18.8. The maximum Gasteiger partial charge on any atom is 1.00 e. The van der Waals surface area contributed by atoms with Gasteiger partial charge in [-0.2, -0.15) is 0 Å². The van der Waals surface area contributed by atoms with E-state index in [1.807, 2.05) is 0 Å². The van der Waals surface area contributed by atoms with Crippen LogP contribution in [-0.4, -0.2) is 29.9 Å². The van der Waals surface area contributed by atoms with Gasteiger partial charge in [-0.3, -0.25) is 0 Å². The summed E-state index contributed by atoms with van der Waals surface area (Å²) in [5.41, 5.74) is 0. The maximum atomic E-state index is 10.5. The maximum absolute atomic E-state index is 10.5. The molecule has 0 saturated carbocycles. The zero-order valence-corrected chi connectivity index (χ0v) is 20.2. The molecule has 152 valence electrons. The molecule has 0 spiro atoms. The van der Waals surface area contributed by atoms with Crippen LogP contribution < -0.4 is 29.6 Å². The molecule has 1 unspecified atom stereocenters. The molecule has 0 fully saturated rings. The van der Waals surface area contributed by atoms with Crippen molar-refractivity contribution >= 4 is 10.1 Å². The van der Waals surface area contributed by atoms with Crippen LogP contribution in [0.25, 0.3) is 0 Å². The Morgan fingerprint density at radius 3 is 1.31 bits per heavy atom. The number of rotatable bonds is 19. The number of aliphatic hydroxyl groups is 1. The van der Waals surface area contributed by atoms with Gasteiger partial charge in [-0.25, -0.2) is 8.42 Å². The van der Waals surface area contributed by atoms with E-state index in [0.29, 0.717) is 6.42 Å². The summed E-state index contributed by atoms with van der Waals surface area (Å²) in [6.07, 6.45) is 20.0. The van der Waals surface area contributed by atoms with Gasteiger partial charge in [-0.15, -0.1) is 0 Å². The van der Waals surface area contributed by atoms with Crippen LogP contribution in [0.4, 0.5) is 0 Å². The van der Waals surface area contributed by atoms with Crippen LogP contribution in [-0.2, 0) is 10.1 Å². The molecule has 0 amide bonds. The Morgan fingerprint density at radius 1 is 0.692 bits per heavy atom. The summed E-state index contributed by atoms with van der Waals surface area (Å²) in [5.74, 6) is -0.647. The van der Waals surface area contributed by atoms with Crippen molar-refractivity contribution in [2.45, 2.75) is 122 Å². The number of aliphatic hydroxyl groups excluding tert-OH is 1. The molecule has 1 atom stereocenters. The average molecular weight is 401 g/mol. The Hall–Kier alpha value is 0.870. The Morgan fingerprint density at radius 2 is 1.00 bits per heavy atom. The summed E-state index contributed by atoms with van der Waals surface area (Å²) in [4.78, 5) is 0. The second kappa shape index (κ2) is 20.6. The third kappa shape index (κ3) is 24.9. The third-order valence-corrected chi connectivity index (χ3v) is 5.58. The topological polar surface area (TPSA) is 77.4 Å². The van der Waals surface area contributed by atoms with Crippen molar-refractivity contribution in [3.05, 3.63) is 0 Å². The van der Waals surface area contributed by atoms with E-state index in [9.17, 15) is 18.1 Å². The molecule has 6 heteroatoms. The first-order valence-electron chi connectivity index (χ1n) is 10.6. The first-order valence-corrected chi connectivity index (χ1v) is 12.1. The van der Waals surface area contributed by atoms with Gasteiger partial charge in [0.1, 0.15) is 0 Å². The summed E-state index contributed by atoms with van der Waals surface area (Å²) in [6, 6.07) is 0. The molecule has 0 radical (unpaired) electrons. The summed E-state index contributed by atoms with van der Waals surface area (Å²) >= 11 is 0. The van der Waals surface area contributed by atoms with Gasteiger partial charge in [0.2, 0.25) is 0 Å². The molecular weight excluding hydrogens is 359 g/mol. The zero-order valence-electron chi connectivity index (χ0n) is 17.4. The summed E-state index contributed by atoms with van der Waals surface area (Å²) in [7, 11) is -4.30. The van der Waals surface area contributed by atoms with E-state index in [1.54, 1.807) is 0 Å². The predicted molar refractivity (Wildman–Crippen MR) is 105 cm³/mol. The summed E-state index contributed by atoms with van der Waals surface area (Å²) < 4.78 is 31.5. The fraction of sp³-hybridized carbons (Fsp3) is 1.00. The van der Waals surface area contributed by atoms with E-state index < -0.39 is 22.0 Å². The van der Waals surface area contributed by atoms with Gasteiger partial charge >= 0.3 is 29.6 Å². The Kier molecular flexibility index (Phi) is 23.0. The molecule has 0 aliphatic carbocycles. The molecule has 0 heterocycles. The molecule has 4 nitrogen and oxygen atoms in total. The summed E-state index contributed by atoms with van der Waals surface area (Å²) in [6.45, 7) is 2.26. The van der Waals surface area contributed by atoms with Gasteiger partial charge in [-0.05, 0) is 6.42 Å². The second-order valence-corrected chi connectivity index (χ2v) is 8.92. The molecule has 0 aromatic heterocycles. The second-order valence-electron chi connectivity index (χ2n) is 7.47. The van der Waals surface area contributed by atoms with Gasteiger partial charge in [0.25, 0.3) is 0 Å². The minimum Gasteiger partial charge on any atom is -0.748 e. The van der Waals surface area contributed by atoms with Crippen molar-refractivity contribution in [2.24, 2.45) is 0 Å². The number of hydrogen-bond acceptors (Lipinski definition) is 4. The molecule has 1 N–H and O–H groups in total. The van der Waals surface area contributed by atoms with Crippen LogP contribution in [0, 0.1) is 0 Å². The van der Waals surface area contributed by atoms with Crippen molar-refractivity contribution in [2.75, 3.05) is 5.75 Å². The first-order chi connectivity index (χ1) is 12.0. The SMILES string of the molecule is CCCCCCCCCCCCCCCCCCC(O)CS(=O)(=O)[O-].[Na+]. The van der Waals surface area contributed by atoms with Crippen LogP contribution in [0.2, 0.25) is 0 Å². The van der Waals surface area contributed by atoms with Crippen molar-refractivity contribution in [1.82, 2.24) is 0 Å². The number of hydrogen-bond donors (Lipinski definition) is 1. The van der Waals surface area contributed by atoms with E-state index in [4.69, 9.17) is 0 Å². The molecular formula is C20H41NaO4S. The molecule has 0 rings (SSSR count). The van der Waals surface area contributed by atoms with Gasteiger partial charge in [-0.1, -0.05) is 110 Å². The van der Waals surface area contributed by atoms with E-state index >= 15 is 0 Å². The van der Waals surface area contributed by atoms with E-state index in [-0.39, 0.29) is 29.6 Å². The molecule has 0 aromatic rings. The largest absolute Gasteiger partial charge is 1.00 e. The molecule has 0 aliphatic rings. The third-order valence-electron chi connectivity index (χ3n) is 4.79. The Bertz CT molecular complexity index is 374. The minimum atomic E-state index is -4.30. The smallest absolute Gasteiger partial charge is 0.748 e. The van der Waals surface area contributed by atoms with E-state index in [0.717, 1.165) is 19.3 Å².